The van der Waals surface area contributed by atoms with Crippen molar-refractivity contribution in [1.82, 2.24) is 4.90 Å². The number of methoxy groups -OCH3 is 1. The summed E-state index contributed by atoms with van der Waals surface area (Å²) < 4.78 is 16.6. The monoisotopic (exact) mass is 398 g/mol. The lowest BCUT2D eigenvalue weighted by Crippen LogP contribution is -2.38. The van der Waals surface area contributed by atoms with E-state index in [0.717, 1.165) is 55.4 Å². The summed E-state index contributed by atoms with van der Waals surface area (Å²) in [6.07, 6.45) is 0. The van der Waals surface area contributed by atoms with Crippen molar-refractivity contribution in [3.63, 3.8) is 0 Å². The van der Waals surface area contributed by atoms with Gasteiger partial charge in [0.15, 0.2) is 5.96 Å². The molecule has 0 saturated carbocycles. The van der Waals surface area contributed by atoms with Crippen LogP contribution < -0.4 is 15.8 Å². The third kappa shape index (κ3) is 6.74. The van der Waals surface area contributed by atoms with E-state index < -0.39 is 0 Å². The van der Waals surface area contributed by atoms with Crippen LogP contribution in [0.3, 0.4) is 0 Å². The molecule has 0 atom stereocenters. The SMILES string of the molecule is COCc1ccccc1NC(N)=NCc1ccccc1OCCN1CCOCC1. The molecule has 0 spiro atoms. The highest BCUT2D eigenvalue weighted by Gasteiger charge is 2.10. The van der Waals surface area contributed by atoms with Crippen LogP contribution in [-0.4, -0.2) is 57.4 Å². The Balaban J connectivity index is 1.55. The summed E-state index contributed by atoms with van der Waals surface area (Å²) in [6.45, 7) is 6.00. The quantitative estimate of drug-likeness (QED) is 0.499. The van der Waals surface area contributed by atoms with Crippen LogP contribution in [0.2, 0.25) is 0 Å². The Morgan fingerprint density at radius 3 is 2.62 bits per heavy atom. The van der Waals surface area contributed by atoms with Gasteiger partial charge in [0.1, 0.15) is 12.4 Å². The van der Waals surface area contributed by atoms with Gasteiger partial charge in [-0.05, 0) is 12.1 Å². The summed E-state index contributed by atoms with van der Waals surface area (Å²) in [5.41, 5.74) is 9.03. The number of guanidine groups is 1. The van der Waals surface area contributed by atoms with Gasteiger partial charge in [0.25, 0.3) is 0 Å². The highest BCUT2D eigenvalue weighted by atomic mass is 16.5. The van der Waals surface area contributed by atoms with Gasteiger partial charge in [-0.25, -0.2) is 4.99 Å². The molecule has 3 rings (SSSR count). The molecule has 1 aliphatic rings. The van der Waals surface area contributed by atoms with E-state index in [4.69, 9.17) is 19.9 Å². The van der Waals surface area contributed by atoms with Crippen molar-refractivity contribution in [2.45, 2.75) is 13.2 Å². The zero-order valence-corrected chi connectivity index (χ0v) is 17.0. The predicted molar refractivity (Wildman–Crippen MR) is 115 cm³/mol. The fourth-order valence-electron chi connectivity index (χ4n) is 3.16. The number of anilines is 1. The van der Waals surface area contributed by atoms with Crippen LogP contribution in [0, 0.1) is 0 Å². The number of hydrogen-bond donors (Lipinski definition) is 2. The van der Waals surface area contributed by atoms with Crippen LogP contribution in [0.1, 0.15) is 11.1 Å². The van der Waals surface area contributed by atoms with Crippen molar-refractivity contribution in [2.24, 2.45) is 10.7 Å². The lowest BCUT2D eigenvalue weighted by atomic mass is 10.2. The number of morpholine rings is 1. The highest BCUT2D eigenvalue weighted by Crippen LogP contribution is 2.19. The maximum Gasteiger partial charge on any atom is 0.193 e. The summed E-state index contributed by atoms with van der Waals surface area (Å²) in [5, 5.41) is 3.16. The minimum absolute atomic E-state index is 0.358. The molecule has 0 aromatic heterocycles. The van der Waals surface area contributed by atoms with Crippen LogP contribution in [-0.2, 0) is 22.6 Å². The van der Waals surface area contributed by atoms with Gasteiger partial charge >= 0.3 is 0 Å². The fourth-order valence-corrected chi connectivity index (χ4v) is 3.16. The predicted octanol–water partition coefficient (Wildman–Crippen LogP) is 2.47. The Morgan fingerprint density at radius 1 is 1.10 bits per heavy atom. The topological polar surface area (TPSA) is 81.3 Å². The number of hydrogen-bond acceptors (Lipinski definition) is 5. The maximum atomic E-state index is 6.11. The molecule has 2 aromatic rings. The average molecular weight is 399 g/mol. The third-order valence-corrected chi connectivity index (χ3v) is 4.74. The summed E-state index contributed by atoms with van der Waals surface area (Å²) in [4.78, 5) is 6.84. The molecule has 1 saturated heterocycles. The smallest absolute Gasteiger partial charge is 0.193 e. The van der Waals surface area contributed by atoms with Crippen molar-refractivity contribution in [3.05, 3.63) is 59.7 Å². The van der Waals surface area contributed by atoms with Gasteiger partial charge in [-0.1, -0.05) is 36.4 Å². The summed E-state index contributed by atoms with van der Waals surface area (Å²) >= 11 is 0. The van der Waals surface area contributed by atoms with E-state index in [9.17, 15) is 0 Å². The Morgan fingerprint density at radius 2 is 1.83 bits per heavy atom. The largest absolute Gasteiger partial charge is 0.492 e. The number of ether oxygens (including phenoxy) is 3. The summed E-state index contributed by atoms with van der Waals surface area (Å²) in [5.74, 6) is 1.20. The maximum absolute atomic E-state index is 6.11. The van der Waals surface area contributed by atoms with Crippen molar-refractivity contribution < 1.29 is 14.2 Å². The minimum atomic E-state index is 0.358. The molecule has 156 valence electrons. The molecule has 1 aliphatic heterocycles. The first-order valence-corrected chi connectivity index (χ1v) is 9.91. The normalized spacial score (nSPS) is 15.3. The molecule has 2 aromatic carbocycles. The van der Waals surface area contributed by atoms with Gasteiger partial charge in [-0.15, -0.1) is 0 Å². The molecule has 0 bridgehead atoms. The van der Waals surface area contributed by atoms with Crippen molar-refractivity contribution in [3.8, 4) is 5.75 Å². The molecule has 1 heterocycles. The Kier molecular flexibility index (Phi) is 8.30. The minimum Gasteiger partial charge on any atom is -0.492 e. The average Bonchev–Trinajstić information content (AvgIpc) is 2.75. The molecule has 7 nitrogen and oxygen atoms in total. The Labute approximate surface area is 172 Å². The summed E-state index contributed by atoms with van der Waals surface area (Å²) in [6, 6.07) is 15.8. The molecule has 0 unspecified atom stereocenters. The second-order valence-electron chi connectivity index (χ2n) is 6.83. The van der Waals surface area contributed by atoms with Crippen LogP contribution in [0.25, 0.3) is 0 Å². The van der Waals surface area contributed by atoms with E-state index in [1.807, 2.05) is 48.5 Å². The summed E-state index contributed by atoms with van der Waals surface area (Å²) in [7, 11) is 1.67. The Hall–Kier alpha value is -2.61. The van der Waals surface area contributed by atoms with E-state index in [1.54, 1.807) is 7.11 Å². The second kappa shape index (κ2) is 11.4. The van der Waals surface area contributed by atoms with Gasteiger partial charge in [0.05, 0.1) is 26.4 Å². The van der Waals surface area contributed by atoms with Gasteiger partial charge in [0.2, 0.25) is 0 Å². The molecule has 7 heteroatoms. The van der Waals surface area contributed by atoms with Gasteiger partial charge in [-0.2, -0.15) is 0 Å². The molecule has 3 N–H and O–H groups in total. The van der Waals surface area contributed by atoms with Crippen LogP contribution in [0.5, 0.6) is 5.75 Å². The molecule has 0 radical (unpaired) electrons. The molecular formula is C22H30N4O3. The van der Waals surface area contributed by atoms with E-state index in [0.29, 0.717) is 25.7 Å². The molecular weight excluding hydrogens is 368 g/mol. The van der Waals surface area contributed by atoms with Crippen molar-refractivity contribution in [2.75, 3.05) is 51.9 Å². The van der Waals surface area contributed by atoms with Crippen LogP contribution in [0.4, 0.5) is 5.69 Å². The van der Waals surface area contributed by atoms with E-state index in [2.05, 4.69) is 15.2 Å². The molecule has 0 aliphatic carbocycles. The second-order valence-corrected chi connectivity index (χ2v) is 6.83. The standard InChI is InChI=1S/C22H30N4O3/c1-27-17-19-7-2-4-8-20(19)25-22(23)24-16-18-6-3-5-9-21(18)29-15-12-26-10-13-28-14-11-26/h2-9H,10-17H2,1H3,(H3,23,24,25). The first-order chi connectivity index (χ1) is 14.3. The first-order valence-electron chi connectivity index (χ1n) is 9.91. The van der Waals surface area contributed by atoms with Crippen LogP contribution >= 0.6 is 0 Å². The van der Waals surface area contributed by atoms with Crippen LogP contribution in [0.15, 0.2) is 53.5 Å². The fraction of sp³-hybridized carbons (Fsp3) is 0.409. The third-order valence-electron chi connectivity index (χ3n) is 4.74. The van der Waals surface area contributed by atoms with Gasteiger partial charge in [-0.3, -0.25) is 4.90 Å². The van der Waals surface area contributed by atoms with E-state index in [-0.39, 0.29) is 0 Å². The molecule has 29 heavy (non-hydrogen) atoms. The lowest BCUT2D eigenvalue weighted by Gasteiger charge is -2.26. The molecule has 1 fully saturated rings. The lowest BCUT2D eigenvalue weighted by molar-refractivity contribution is 0.0322. The number of aliphatic imine (C=N–C) groups is 1. The number of rotatable bonds is 9. The number of nitrogens with two attached hydrogens (primary N) is 1. The zero-order valence-electron chi connectivity index (χ0n) is 17.0. The number of para-hydroxylation sites is 2. The number of benzene rings is 2. The molecule has 0 amide bonds. The zero-order chi connectivity index (χ0) is 20.3. The van der Waals surface area contributed by atoms with Gasteiger partial charge in [0, 0.05) is 43.6 Å². The van der Waals surface area contributed by atoms with Gasteiger partial charge < -0.3 is 25.3 Å². The number of nitrogens with one attached hydrogen (secondary N) is 1. The number of nitrogens with zero attached hydrogens (tertiary/aromatic N) is 2. The first kappa shape index (κ1) is 21.1. The van der Waals surface area contributed by atoms with Crippen molar-refractivity contribution in [1.29, 1.82) is 0 Å². The Bertz CT molecular complexity index is 791. The van der Waals surface area contributed by atoms with E-state index in [1.165, 1.54) is 0 Å². The van der Waals surface area contributed by atoms with E-state index >= 15 is 0 Å². The highest BCUT2D eigenvalue weighted by molar-refractivity contribution is 5.92. The van der Waals surface area contributed by atoms with Crippen molar-refractivity contribution >= 4 is 11.6 Å².